The summed E-state index contributed by atoms with van der Waals surface area (Å²) in [7, 11) is 2.01. The molecule has 98 valence electrons. The molecule has 0 aliphatic heterocycles. The van der Waals surface area contributed by atoms with Crippen LogP contribution in [0.25, 0.3) is 6.08 Å². The van der Waals surface area contributed by atoms with E-state index in [0.717, 1.165) is 23.7 Å². The number of benzene rings is 1. The monoisotopic (exact) mass is 254 g/mol. The number of anilines is 1. The van der Waals surface area contributed by atoms with Gasteiger partial charge in [0.15, 0.2) is 0 Å². The smallest absolute Gasteiger partial charge is 0.128 e. The first-order chi connectivity index (χ1) is 9.31. The van der Waals surface area contributed by atoms with Gasteiger partial charge in [-0.3, -0.25) is 0 Å². The molecule has 3 heteroatoms. The molecule has 1 heterocycles. The Bertz CT molecular complexity index is 525. The maximum Gasteiger partial charge on any atom is 0.128 e. The summed E-state index contributed by atoms with van der Waals surface area (Å²) in [5.41, 5.74) is 1.02. The molecule has 0 fully saturated rings. The molecule has 0 radical (unpaired) electrons. The van der Waals surface area contributed by atoms with Crippen LogP contribution in [0.2, 0.25) is 0 Å². The Morgan fingerprint density at radius 3 is 2.74 bits per heavy atom. The second kappa shape index (κ2) is 6.59. The number of hydrogen-bond acceptors (Lipinski definition) is 3. The molecule has 0 amide bonds. The maximum atomic E-state index is 5.78. The first kappa shape index (κ1) is 13.1. The molecule has 0 aliphatic carbocycles. The molecule has 0 atom stereocenters. The number of ether oxygens (including phenoxy) is 1. The highest BCUT2D eigenvalue weighted by molar-refractivity contribution is 5.55. The number of hydrogen-bond donors (Lipinski definition) is 0. The van der Waals surface area contributed by atoms with E-state index in [1.165, 1.54) is 0 Å². The second-order valence-electron chi connectivity index (χ2n) is 4.20. The van der Waals surface area contributed by atoms with E-state index in [4.69, 9.17) is 4.74 Å². The molecule has 0 N–H and O–H groups in total. The summed E-state index contributed by atoms with van der Waals surface area (Å²) >= 11 is 0. The molecule has 19 heavy (non-hydrogen) atoms. The Labute approximate surface area is 114 Å². The van der Waals surface area contributed by atoms with Gasteiger partial charge in [-0.15, -0.1) is 0 Å². The Morgan fingerprint density at radius 2 is 2.00 bits per heavy atom. The normalized spacial score (nSPS) is 9.95. The Balaban J connectivity index is 1.88. The summed E-state index contributed by atoms with van der Waals surface area (Å²) in [6.07, 6.45) is 3.59. The Kier molecular flexibility index (Phi) is 4.56. The first-order valence-electron chi connectivity index (χ1n) is 6.27. The third kappa shape index (κ3) is 3.58. The van der Waals surface area contributed by atoms with E-state index in [0.29, 0.717) is 6.61 Å². The molecule has 0 spiro atoms. The van der Waals surface area contributed by atoms with Crippen LogP contribution >= 0.6 is 0 Å². The van der Waals surface area contributed by atoms with Crippen molar-refractivity contribution in [2.75, 3.05) is 25.1 Å². The fraction of sp³-hybridized carbons (Fsp3) is 0.188. The third-order valence-electron chi connectivity index (χ3n) is 2.86. The minimum absolute atomic E-state index is 0.609. The number of nitrogens with zero attached hydrogens (tertiary/aromatic N) is 2. The summed E-state index contributed by atoms with van der Waals surface area (Å²) in [6, 6.07) is 13.8. The fourth-order valence-corrected chi connectivity index (χ4v) is 1.77. The van der Waals surface area contributed by atoms with Crippen LogP contribution in [0.5, 0.6) is 5.75 Å². The number of rotatable bonds is 6. The van der Waals surface area contributed by atoms with E-state index in [1.54, 1.807) is 12.3 Å². The quantitative estimate of drug-likeness (QED) is 0.791. The van der Waals surface area contributed by atoms with Crippen molar-refractivity contribution in [3.8, 4) is 5.75 Å². The third-order valence-corrected chi connectivity index (χ3v) is 2.86. The number of para-hydroxylation sites is 1. The number of aromatic nitrogens is 1. The van der Waals surface area contributed by atoms with Crippen molar-refractivity contribution in [2.45, 2.75) is 0 Å². The molecule has 1 aromatic carbocycles. The van der Waals surface area contributed by atoms with Gasteiger partial charge in [0.05, 0.1) is 6.54 Å². The minimum atomic E-state index is 0.609. The van der Waals surface area contributed by atoms with E-state index in [9.17, 15) is 0 Å². The zero-order chi connectivity index (χ0) is 13.5. The molecule has 2 rings (SSSR count). The van der Waals surface area contributed by atoms with Crippen molar-refractivity contribution < 1.29 is 4.74 Å². The van der Waals surface area contributed by atoms with E-state index in [-0.39, 0.29) is 0 Å². The highest BCUT2D eigenvalue weighted by Gasteiger charge is 2.03. The van der Waals surface area contributed by atoms with Crippen molar-refractivity contribution in [1.82, 2.24) is 4.98 Å². The van der Waals surface area contributed by atoms with Gasteiger partial charge in [0.2, 0.25) is 0 Å². The Morgan fingerprint density at radius 1 is 1.21 bits per heavy atom. The molecule has 0 aliphatic rings. The number of pyridine rings is 1. The molecule has 2 aromatic rings. The first-order valence-corrected chi connectivity index (χ1v) is 6.27. The summed E-state index contributed by atoms with van der Waals surface area (Å²) in [4.78, 5) is 6.36. The van der Waals surface area contributed by atoms with Crippen molar-refractivity contribution in [3.05, 3.63) is 60.8 Å². The average Bonchev–Trinajstić information content (AvgIpc) is 2.48. The van der Waals surface area contributed by atoms with Gasteiger partial charge in [0.1, 0.15) is 18.2 Å². The van der Waals surface area contributed by atoms with Crippen molar-refractivity contribution >= 4 is 11.9 Å². The van der Waals surface area contributed by atoms with E-state index in [2.05, 4.69) is 16.5 Å². The predicted molar refractivity (Wildman–Crippen MR) is 79.5 cm³/mol. The SMILES string of the molecule is C=Cc1ccccc1OCCN(C)c1ccccn1. The van der Waals surface area contributed by atoms with Crippen LogP contribution in [-0.2, 0) is 0 Å². The van der Waals surface area contributed by atoms with Crippen molar-refractivity contribution in [3.63, 3.8) is 0 Å². The number of likely N-dealkylation sites (N-methyl/N-ethyl adjacent to an activating group) is 1. The van der Waals surface area contributed by atoms with Crippen molar-refractivity contribution in [2.24, 2.45) is 0 Å². The van der Waals surface area contributed by atoms with Gasteiger partial charge in [0.25, 0.3) is 0 Å². The fourth-order valence-electron chi connectivity index (χ4n) is 1.77. The van der Waals surface area contributed by atoms with Gasteiger partial charge in [-0.25, -0.2) is 4.98 Å². The van der Waals surface area contributed by atoms with Crippen LogP contribution in [0.3, 0.4) is 0 Å². The summed E-state index contributed by atoms with van der Waals surface area (Å²) < 4.78 is 5.78. The van der Waals surface area contributed by atoms with E-state index >= 15 is 0 Å². The Hall–Kier alpha value is -2.29. The second-order valence-corrected chi connectivity index (χ2v) is 4.20. The van der Waals surface area contributed by atoms with Crippen LogP contribution in [0, 0.1) is 0 Å². The topological polar surface area (TPSA) is 25.4 Å². The van der Waals surface area contributed by atoms with E-state index in [1.807, 2.05) is 49.5 Å². The van der Waals surface area contributed by atoms with Crippen LogP contribution < -0.4 is 9.64 Å². The van der Waals surface area contributed by atoms with Gasteiger partial charge in [-0.05, 0) is 18.2 Å². The van der Waals surface area contributed by atoms with Crippen LogP contribution in [0.4, 0.5) is 5.82 Å². The lowest BCUT2D eigenvalue weighted by atomic mass is 10.2. The largest absolute Gasteiger partial charge is 0.491 e. The van der Waals surface area contributed by atoms with Crippen LogP contribution in [0.15, 0.2) is 55.2 Å². The lowest BCUT2D eigenvalue weighted by Crippen LogP contribution is -2.24. The summed E-state index contributed by atoms with van der Waals surface area (Å²) in [5, 5.41) is 0. The standard InChI is InChI=1S/C16H18N2O/c1-3-14-8-4-5-9-15(14)19-13-12-18(2)16-10-6-7-11-17-16/h3-11H,1,12-13H2,2H3. The van der Waals surface area contributed by atoms with Gasteiger partial charge < -0.3 is 9.64 Å². The van der Waals surface area contributed by atoms with E-state index < -0.39 is 0 Å². The zero-order valence-corrected chi connectivity index (χ0v) is 11.1. The van der Waals surface area contributed by atoms with Gasteiger partial charge in [-0.2, -0.15) is 0 Å². The lowest BCUT2D eigenvalue weighted by molar-refractivity contribution is 0.325. The van der Waals surface area contributed by atoms with Crippen molar-refractivity contribution in [1.29, 1.82) is 0 Å². The molecule has 0 unspecified atom stereocenters. The molecule has 0 saturated heterocycles. The van der Waals surface area contributed by atoms with Crippen LogP contribution in [-0.4, -0.2) is 25.2 Å². The van der Waals surface area contributed by atoms with Gasteiger partial charge >= 0.3 is 0 Å². The summed E-state index contributed by atoms with van der Waals surface area (Å²) in [6.45, 7) is 5.17. The highest BCUT2D eigenvalue weighted by atomic mass is 16.5. The molecular formula is C16H18N2O. The lowest BCUT2D eigenvalue weighted by Gasteiger charge is -2.18. The predicted octanol–water partition coefficient (Wildman–Crippen LogP) is 3.24. The van der Waals surface area contributed by atoms with Gasteiger partial charge in [0, 0.05) is 18.8 Å². The highest BCUT2D eigenvalue weighted by Crippen LogP contribution is 2.18. The molecule has 1 aromatic heterocycles. The summed E-state index contributed by atoms with van der Waals surface area (Å²) in [5.74, 6) is 1.81. The maximum absolute atomic E-state index is 5.78. The average molecular weight is 254 g/mol. The molecule has 0 saturated carbocycles. The zero-order valence-electron chi connectivity index (χ0n) is 11.1. The molecule has 3 nitrogen and oxygen atoms in total. The van der Waals surface area contributed by atoms with Gasteiger partial charge in [-0.1, -0.05) is 36.9 Å². The molecule has 0 bridgehead atoms. The van der Waals surface area contributed by atoms with Crippen LogP contribution in [0.1, 0.15) is 5.56 Å². The minimum Gasteiger partial charge on any atom is -0.491 e. The molecular weight excluding hydrogens is 236 g/mol.